The number of allylic oxidation sites excluding steroid dienone is 2. The van der Waals surface area contributed by atoms with Crippen molar-refractivity contribution in [1.29, 1.82) is 0 Å². The molecule has 0 aliphatic heterocycles. The number of carbonyl (C=O) groups excluding carboxylic acids is 1. The predicted octanol–water partition coefficient (Wildman–Crippen LogP) is 6.80. The van der Waals surface area contributed by atoms with Crippen LogP contribution in [0.15, 0.2) is 11.8 Å². The first-order valence-electron chi connectivity index (χ1n) is 9.47. The molecule has 0 heterocycles. The molecule has 2 saturated carbocycles. The SMILES string of the molecule is O=C(/C=C(\O)C1(CC(F)(F)F)CCCCC1)C1(CC(F)(F)F)CCCCC1. The van der Waals surface area contributed by atoms with Gasteiger partial charge in [-0.2, -0.15) is 26.3 Å². The molecule has 2 aliphatic rings. The van der Waals surface area contributed by atoms with Crippen LogP contribution in [0, 0.1) is 10.8 Å². The number of aliphatic hydroxyl groups excluding tert-OH is 1. The number of hydrogen-bond acceptors (Lipinski definition) is 2. The first-order chi connectivity index (χ1) is 12.4. The van der Waals surface area contributed by atoms with Gasteiger partial charge in [-0.05, 0) is 25.7 Å². The van der Waals surface area contributed by atoms with Gasteiger partial charge in [0.25, 0.3) is 0 Å². The standard InChI is InChI=1S/C19H26F6O2/c20-18(21,22)12-16(7-3-1-4-8-16)14(26)11-15(27)17(13-19(23,24)25)9-5-2-6-10-17/h11,26H,1-10,12-13H2/b14-11-. The maximum absolute atomic E-state index is 13.1. The molecule has 2 nitrogen and oxygen atoms in total. The number of ketones is 1. The molecule has 0 aromatic rings. The molecule has 0 aromatic heterocycles. The third-order valence-corrected chi connectivity index (χ3v) is 6.03. The summed E-state index contributed by atoms with van der Waals surface area (Å²) in [5.74, 6) is -1.58. The molecule has 2 fully saturated rings. The van der Waals surface area contributed by atoms with Crippen LogP contribution in [0.1, 0.15) is 77.0 Å². The van der Waals surface area contributed by atoms with Crippen molar-refractivity contribution in [2.45, 2.75) is 89.4 Å². The number of carbonyl (C=O) groups is 1. The van der Waals surface area contributed by atoms with Gasteiger partial charge in [0.15, 0.2) is 5.78 Å². The highest BCUT2D eigenvalue weighted by Gasteiger charge is 2.49. The third kappa shape index (κ3) is 5.88. The molecule has 27 heavy (non-hydrogen) atoms. The van der Waals surface area contributed by atoms with Gasteiger partial charge >= 0.3 is 12.4 Å². The second-order valence-corrected chi connectivity index (χ2v) is 8.16. The molecular formula is C19H26F6O2. The lowest BCUT2D eigenvalue weighted by Gasteiger charge is -2.39. The highest BCUT2D eigenvalue weighted by atomic mass is 19.4. The zero-order chi connectivity index (χ0) is 20.3. The summed E-state index contributed by atoms with van der Waals surface area (Å²) in [4.78, 5) is 12.7. The maximum atomic E-state index is 13.1. The molecule has 0 bridgehead atoms. The van der Waals surface area contributed by atoms with Crippen molar-refractivity contribution >= 4 is 5.78 Å². The highest BCUT2D eigenvalue weighted by molar-refractivity contribution is 5.95. The number of alkyl halides is 6. The second-order valence-electron chi connectivity index (χ2n) is 8.16. The van der Waals surface area contributed by atoms with Crippen molar-refractivity contribution in [2.24, 2.45) is 10.8 Å². The van der Waals surface area contributed by atoms with E-state index in [9.17, 15) is 36.2 Å². The van der Waals surface area contributed by atoms with Crippen LogP contribution in [0.5, 0.6) is 0 Å². The molecule has 1 N–H and O–H groups in total. The fraction of sp³-hybridized carbons (Fsp3) is 0.842. The molecule has 0 radical (unpaired) electrons. The summed E-state index contributed by atoms with van der Waals surface area (Å²) in [5.41, 5.74) is -3.27. The van der Waals surface area contributed by atoms with E-state index in [-0.39, 0.29) is 25.7 Å². The molecule has 2 rings (SSSR count). The summed E-state index contributed by atoms with van der Waals surface area (Å²) >= 11 is 0. The van der Waals surface area contributed by atoms with E-state index in [0.29, 0.717) is 31.8 Å². The van der Waals surface area contributed by atoms with Gasteiger partial charge in [-0.3, -0.25) is 4.79 Å². The lowest BCUT2D eigenvalue weighted by molar-refractivity contribution is -0.169. The van der Waals surface area contributed by atoms with Crippen LogP contribution in [-0.4, -0.2) is 23.2 Å². The van der Waals surface area contributed by atoms with E-state index in [2.05, 4.69) is 0 Å². The Hall–Kier alpha value is -1.21. The number of hydrogen-bond donors (Lipinski definition) is 1. The van der Waals surface area contributed by atoms with Crippen LogP contribution in [0.2, 0.25) is 0 Å². The summed E-state index contributed by atoms with van der Waals surface area (Å²) in [6.45, 7) is 0. The van der Waals surface area contributed by atoms with Gasteiger partial charge < -0.3 is 5.11 Å². The van der Waals surface area contributed by atoms with Gasteiger partial charge in [0.1, 0.15) is 5.76 Å². The summed E-state index contributed by atoms with van der Waals surface area (Å²) in [7, 11) is 0. The third-order valence-electron chi connectivity index (χ3n) is 6.03. The predicted molar refractivity (Wildman–Crippen MR) is 88.1 cm³/mol. The van der Waals surface area contributed by atoms with Crippen LogP contribution in [0.25, 0.3) is 0 Å². The van der Waals surface area contributed by atoms with Gasteiger partial charge in [-0.15, -0.1) is 0 Å². The Labute approximate surface area is 155 Å². The van der Waals surface area contributed by atoms with Gasteiger partial charge in [0.05, 0.1) is 12.8 Å². The van der Waals surface area contributed by atoms with E-state index in [1.165, 1.54) is 0 Å². The summed E-state index contributed by atoms with van der Waals surface area (Å²) in [6.07, 6.45) is -7.36. The number of rotatable bonds is 5. The number of halogens is 6. The Morgan fingerprint density at radius 3 is 1.52 bits per heavy atom. The number of aliphatic hydroxyl groups is 1. The van der Waals surface area contributed by atoms with Crippen LogP contribution in [0.3, 0.4) is 0 Å². The Morgan fingerprint density at radius 1 is 0.741 bits per heavy atom. The molecule has 0 atom stereocenters. The zero-order valence-corrected chi connectivity index (χ0v) is 15.2. The Bertz CT molecular complexity index is 550. The van der Waals surface area contributed by atoms with Gasteiger partial charge in [0.2, 0.25) is 0 Å². The van der Waals surface area contributed by atoms with Crippen molar-refractivity contribution in [3.63, 3.8) is 0 Å². The summed E-state index contributed by atoms with van der Waals surface area (Å²) in [5, 5.41) is 10.5. The summed E-state index contributed by atoms with van der Waals surface area (Å²) < 4.78 is 78.3. The lowest BCUT2D eigenvalue weighted by Crippen LogP contribution is -2.38. The van der Waals surface area contributed by atoms with Crippen molar-refractivity contribution < 1.29 is 36.2 Å². The second kappa shape index (κ2) is 8.03. The first-order valence-corrected chi connectivity index (χ1v) is 9.47. The minimum atomic E-state index is -4.55. The molecule has 0 aromatic carbocycles. The fourth-order valence-electron chi connectivity index (χ4n) is 4.69. The van der Waals surface area contributed by atoms with Crippen LogP contribution >= 0.6 is 0 Å². The molecular weight excluding hydrogens is 374 g/mol. The lowest BCUT2D eigenvalue weighted by atomic mass is 9.66. The van der Waals surface area contributed by atoms with Crippen molar-refractivity contribution in [2.75, 3.05) is 0 Å². The molecule has 0 amide bonds. The minimum absolute atomic E-state index is 0.0430. The van der Waals surface area contributed by atoms with E-state index in [0.717, 1.165) is 12.8 Å². The molecule has 0 unspecified atom stereocenters. The monoisotopic (exact) mass is 400 g/mol. The molecule has 156 valence electrons. The van der Waals surface area contributed by atoms with E-state index in [1.54, 1.807) is 0 Å². The van der Waals surface area contributed by atoms with Crippen LogP contribution in [-0.2, 0) is 4.79 Å². The smallest absolute Gasteiger partial charge is 0.390 e. The Balaban J connectivity index is 2.32. The van der Waals surface area contributed by atoms with Gasteiger partial charge in [-0.1, -0.05) is 38.5 Å². The Morgan fingerprint density at radius 2 is 1.11 bits per heavy atom. The molecule has 0 spiro atoms. The minimum Gasteiger partial charge on any atom is -0.512 e. The molecule has 8 heteroatoms. The van der Waals surface area contributed by atoms with E-state index >= 15 is 0 Å². The average molecular weight is 400 g/mol. The van der Waals surface area contributed by atoms with Gasteiger partial charge in [-0.25, -0.2) is 0 Å². The quantitative estimate of drug-likeness (QED) is 0.313. The molecule has 0 saturated heterocycles. The summed E-state index contributed by atoms with van der Waals surface area (Å²) in [6, 6.07) is 0. The highest BCUT2D eigenvalue weighted by Crippen LogP contribution is 2.50. The van der Waals surface area contributed by atoms with Crippen molar-refractivity contribution in [3.05, 3.63) is 11.8 Å². The maximum Gasteiger partial charge on any atom is 0.390 e. The van der Waals surface area contributed by atoms with Crippen molar-refractivity contribution in [1.82, 2.24) is 0 Å². The van der Waals surface area contributed by atoms with Gasteiger partial charge in [0, 0.05) is 16.9 Å². The van der Waals surface area contributed by atoms with Crippen LogP contribution < -0.4 is 0 Å². The normalized spacial score (nSPS) is 23.9. The van der Waals surface area contributed by atoms with E-state index in [4.69, 9.17) is 0 Å². The zero-order valence-electron chi connectivity index (χ0n) is 15.2. The van der Waals surface area contributed by atoms with E-state index in [1.807, 2.05) is 0 Å². The van der Waals surface area contributed by atoms with Crippen molar-refractivity contribution in [3.8, 4) is 0 Å². The van der Waals surface area contributed by atoms with Crippen LogP contribution in [0.4, 0.5) is 26.3 Å². The first kappa shape index (κ1) is 22.1. The Kier molecular flexibility index (Phi) is 6.57. The fourth-order valence-corrected chi connectivity index (χ4v) is 4.69. The van der Waals surface area contributed by atoms with E-state index < -0.39 is 47.6 Å². The largest absolute Gasteiger partial charge is 0.512 e. The topological polar surface area (TPSA) is 37.3 Å². The molecule has 2 aliphatic carbocycles. The average Bonchev–Trinajstić information content (AvgIpc) is 2.53.